The van der Waals surface area contributed by atoms with Crippen LogP contribution in [0.25, 0.3) is 0 Å². The first kappa shape index (κ1) is 19.8. The van der Waals surface area contributed by atoms with Crippen LogP contribution in [0.5, 0.6) is 0 Å². The maximum atomic E-state index is 4.92. The standard InChI is InChI=1S/C21H31N5S/c1-5-22-21(23-13-20-16(2)24-25(4)17(20)3)26-12-11-18(14-26)15-27-19-9-7-6-8-10-19/h6-10,18H,5,11-15H2,1-4H3,(H,22,23). The van der Waals surface area contributed by atoms with Crippen molar-refractivity contribution in [1.82, 2.24) is 20.0 Å². The molecule has 6 heteroatoms. The fraction of sp³-hybridized carbons (Fsp3) is 0.524. The molecule has 0 radical (unpaired) electrons. The lowest BCUT2D eigenvalue weighted by Gasteiger charge is -2.21. The van der Waals surface area contributed by atoms with Gasteiger partial charge in [-0.15, -0.1) is 11.8 Å². The average Bonchev–Trinajstić information content (AvgIpc) is 3.23. The van der Waals surface area contributed by atoms with Crippen molar-refractivity contribution in [2.24, 2.45) is 18.0 Å². The van der Waals surface area contributed by atoms with E-state index in [2.05, 4.69) is 66.4 Å². The number of thioether (sulfide) groups is 1. The topological polar surface area (TPSA) is 45.5 Å². The first-order chi connectivity index (χ1) is 13.1. The second-order valence-corrected chi connectivity index (χ2v) is 8.26. The van der Waals surface area contributed by atoms with Crippen molar-refractivity contribution >= 4 is 17.7 Å². The highest BCUT2D eigenvalue weighted by atomic mass is 32.2. The molecule has 1 aromatic carbocycles. The van der Waals surface area contributed by atoms with E-state index in [-0.39, 0.29) is 0 Å². The summed E-state index contributed by atoms with van der Waals surface area (Å²) in [5, 5.41) is 7.98. The molecule has 0 saturated carbocycles. The van der Waals surface area contributed by atoms with Crippen molar-refractivity contribution in [1.29, 1.82) is 0 Å². The molecule has 1 fully saturated rings. The zero-order valence-corrected chi connectivity index (χ0v) is 17.7. The number of guanidine groups is 1. The Kier molecular flexibility index (Phi) is 6.83. The van der Waals surface area contributed by atoms with Gasteiger partial charge in [-0.25, -0.2) is 4.99 Å². The molecule has 1 N–H and O–H groups in total. The number of hydrogen-bond acceptors (Lipinski definition) is 3. The van der Waals surface area contributed by atoms with E-state index in [1.165, 1.54) is 28.3 Å². The lowest BCUT2D eigenvalue weighted by molar-refractivity contribution is 0.474. The van der Waals surface area contributed by atoms with Crippen LogP contribution in [0.4, 0.5) is 0 Å². The second kappa shape index (κ2) is 9.31. The molecular formula is C21H31N5S. The van der Waals surface area contributed by atoms with Gasteiger partial charge in [0, 0.05) is 48.6 Å². The van der Waals surface area contributed by atoms with Gasteiger partial charge in [0.15, 0.2) is 5.96 Å². The van der Waals surface area contributed by atoms with Gasteiger partial charge in [-0.1, -0.05) is 18.2 Å². The summed E-state index contributed by atoms with van der Waals surface area (Å²) in [6, 6.07) is 10.7. The molecule has 1 atom stereocenters. The van der Waals surface area contributed by atoms with Gasteiger partial charge in [0.25, 0.3) is 0 Å². The van der Waals surface area contributed by atoms with Gasteiger partial charge < -0.3 is 10.2 Å². The van der Waals surface area contributed by atoms with Gasteiger partial charge in [-0.05, 0) is 45.2 Å². The van der Waals surface area contributed by atoms with E-state index in [9.17, 15) is 0 Å². The zero-order valence-electron chi connectivity index (χ0n) is 16.9. The number of nitrogens with zero attached hydrogens (tertiary/aromatic N) is 4. The molecule has 1 saturated heterocycles. The predicted molar refractivity (Wildman–Crippen MR) is 114 cm³/mol. The van der Waals surface area contributed by atoms with Crippen LogP contribution < -0.4 is 5.32 Å². The lowest BCUT2D eigenvalue weighted by atomic mass is 10.2. The Morgan fingerprint density at radius 2 is 2.07 bits per heavy atom. The number of hydrogen-bond donors (Lipinski definition) is 1. The van der Waals surface area contributed by atoms with Crippen molar-refractivity contribution in [3.8, 4) is 0 Å². The lowest BCUT2D eigenvalue weighted by Crippen LogP contribution is -2.40. The molecule has 0 spiro atoms. The number of benzene rings is 1. The maximum Gasteiger partial charge on any atom is 0.194 e. The predicted octanol–water partition coefficient (Wildman–Crippen LogP) is 3.62. The quantitative estimate of drug-likeness (QED) is 0.469. The number of aromatic nitrogens is 2. The first-order valence-corrected chi connectivity index (χ1v) is 10.8. The van der Waals surface area contributed by atoms with Crippen molar-refractivity contribution < 1.29 is 0 Å². The minimum atomic E-state index is 0.688. The van der Waals surface area contributed by atoms with Crippen molar-refractivity contribution in [3.05, 3.63) is 47.3 Å². The van der Waals surface area contributed by atoms with Crippen LogP contribution in [0.1, 0.15) is 30.3 Å². The van der Waals surface area contributed by atoms with Gasteiger partial charge in [0.2, 0.25) is 0 Å². The highest BCUT2D eigenvalue weighted by Gasteiger charge is 2.25. The highest BCUT2D eigenvalue weighted by molar-refractivity contribution is 7.99. The molecule has 3 rings (SSSR count). The molecule has 1 unspecified atom stereocenters. The molecule has 2 aromatic rings. The Bertz CT molecular complexity index is 768. The highest BCUT2D eigenvalue weighted by Crippen LogP contribution is 2.26. The minimum absolute atomic E-state index is 0.688. The van der Waals surface area contributed by atoms with E-state index >= 15 is 0 Å². The Morgan fingerprint density at radius 1 is 1.30 bits per heavy atom. The molecule has 0 amide bonds. The Labute approximate surface area is 167 Å². The third kappa shape index (κ3) is 5.06. The SMILES string of the molecule is CCNC(=NCc1c(C)nn(C)c1C)N1CCC(CSc2ccccc2)C1. The Morgan fingerprint density at radius 3 is 2.74 bits per heavy atom. The molecule has 146 valence electrons. The van der Waals surface area contributed by atoms with E-state index in [0.29, 0.717) is 12.5 Å². The van der Waals surface area contributed by atoms with Crippen molar-refractivity contribution in [2.45, 2.75) is 38.6 Å². The fourth-order valence-electron chi connectivity index (χ4n) is 3.52. The van der Waals surface area contributed by atoms with Crippen LogP contribution in [-0.2, 0) is 13.6 Å². The van der Waals surface area contributed by atoms with Gasteiger partial charge in [-0.3, -0.25) is 4.68 Å². The first-order valence-electron chi connectivity index (χ1n) is 9.78. The van der Waals surface area contributed by atoms with E-state index in [0.717, 1.165) is 31.3 Å². The van der Waals surface area contributed by atoms with Gasteiger partial charge in [-0.2, -0.15) is 5.10 Å². The summed E-state index contributed by atoms with van der Waals surface area (Å²) in [6.07, 6.45) is 1.23. The van der Waals surface area contributed by atoms with E-state index in [4.69, 9.17) is 4.99 Å². The number of nitrogens with one attached hydrogen (secondary N) is 1. The van der Waals surface area contributed by atoms with E-state index < -0.39 is 0 Å². The summed E-state index contributed by atoms with van der Waals surface area (Å²) in [5.41, 5.74) is 3.52. The third-order valence-corrected chi connectivity index (χ3v) is 6.44. The van der Waals surface area contributed by atoms with Crippen molar-refractivity contribution in [2.75, 3.05) is 25.4 Å². The van der Waals surface area contributed by atoms with Crippen molar-refractivity contribution in [3.63, 3.8) is 0 Å². The van der Waals surface area contributed by atoms with E-state index in [1.54, 1.807) is 0 Å². The number of aryl methyl sites for hydroxylation is 2. The molecule has 2 heterocycles. The molecule has 27 heavy (non-hydrogen) atoms. The van der Waals surface area contributed by atoms with Gasteiger partial charge >= 0.3 is 0 Å². The van der Waals surface area contributed by atoms with E-state index in [1.807, 2.05) is 23.5 Å². The molecule has 0 aliphatic carbocycles. The summed E-state index contributed by atoms with van der Waals surface area (Å²) in [6.45, 7) is 10.1. The third-order valence-electron chi connectivity index (χ3n) is 5.20. The maximum absolute atomic E-state index is 4.92. The van der Waals surface area contributed by atoms with Crippen LogP contribution in [0.2, 0.25) is 0 Å². The normalized spacial score (nSPS) is 17.6. The van der Waals surface area contributed by atoms with Gasteiger partial charge in [0.05, 0.1) is 12.2 Å². The summed E-state index contributed by atoms with van der Waals surface area (Å²) in [7, 11) is 2.00. The number of rotatable bonds is 6. The zero-order chi connectivity index (χ0) is 19.2. The smallest absolute Gasteiger partial charge is 0.194 e. The molecule has 1 aliphatic rings. The fourth-order valence-corrected chi connectivity index (χ4v) is 4.57. The van der Waals surface area contributed by atoms with Gasteiger partial charge in [0.1, 0.15) is 0 Å². The second-order valence-electron chi connectivity index (χ2n) is 7.17. The Hall–Kier alpha value is -1.95. The number of likely N-dealkylation sites (tertiary alicyclic amines) is 1. The van der Waals surface area contributed by atoms with Crippen LogP contribution >= 0.6 is 11.8 Å². The minimum Gasteiger partial charge on any atom is -0.357 e. The molecule has 1 aromatic heterocycles. The molecule has 5 nitrogen and oxygen atoms in total. The van der Waals surface area contributed by atoms with Crippen LogP contribution in [-0.4, -0.2) is 46.0 Å². The molecular weight excluding hydrogens is 354 g/mol. The van der Waals surface area contributed by atoms with Crippen LogP contribution in [0.3, 0.4) is 0 Å². The van der Waals surface area contributed by atoms with Crippen LogP contribution in [0.15, 0.2) is 40.2 Å². The summed E-state index contributed by atoms with van der Waals surface area (Å²) in [4.78, 5) is 8.70. The summed E-state index contributed by atoms with van der Waals surface area (Å²) >= 11 is 1.96. The summed E-state index contributed by atoms with van der Waals surface area (Å²) in [5.74, 6) is 2.91. The number of aliphatic imine (C=N–C) groups is 1. The largest absolute Gasteiger partial charge is 0.357 e. The monoisotopic (exact) mass is 385 g/mol. The Balaban J connectivity index is 1.60. The average molecular weight is 386 g/mol. The molecule has 1 aliphatic heterocycles. The summed E-state index contributed by atoms with van der Waals surface area (Å²) < 4.78 is 1.94. The molecule has 0 bridgehead atoms. The van der Waals surface area contributed by atoms with Crippen LogP contribution in [0, 0.1) is 19.8 Å².